The average molecular weight is 298 g/mol. The zero-order valence-electron chi connectivity index (χ0n) is 8.66. The molecule has 0 bridgehead atoms. The Morgan fingerprint density at radius 3 is 2.94 bits per heavy atom. The van der Waals surface area contributed by atoms with Gasteiger partial charge in [-0.25, -0.2) is 0 Å². The van der Waals surface area contributed by atoms with Gasteiger partial charge in [-0.3, -0.25) is 5.43 Å². The SMILES string of the molecule is NC(=S)NN=C1CCc2ccc(Br)cc2C1. The fourth-order valence-corrected chi connectivity index (χ4v) is 2.27. The minimum absolute atomic E-state index is 0.215. The number of hydrazone groups is 1. The molecule has 0 atom stereocenters. The Hall–Kier alpha value is -0.940. The van der Waals surface area contributed by atoms with Crippen molar-refractivity contribution in [2.24, 2.45) is 10.8 Å². The zero-order chi connectivity index (χ0) is 11.5. The van der Waals surface area contributed by atoms with E-state index in [1.165, 1.54) is 11.1 Å². The highest BCUT2D eigenvalue weighted by Gasteiger charge is 2.14. The number of nitrogens with one attached hydrogen (secondary N) is 1. The lowest BCUT2D eigenvalue weighted by Crippen LogP contribution is -2.27. The molecule has 0 unspecified atom stereocenters. The third-order valence-electron chi connectivity index (χ3n) is 2.57. The van der Waals surface area contributed by atoms with E-state index in [1.807, 2.05) is 0 Å². The molecule has 0 aliphatic heterocycles. The van der Waals surface area contributed by atoms with Gasteiger partial charge < -0.3 is 5.73 Å². The van der Waals surface area contributed by atoms with Crippen LogP contribution in [0.2, 0.25) is 0 Å². The molecule has 16 heavy (non-hydrogen) atoms. The van der Waals surface area contributed by atoms with E-state index in [-0.39, 0.29) is 5.11 Å². The van der Waals surface area contributed by atoms with Gasteiger partial charge in [-0.2, -0.15) is 5.10 Å². The first-order chi connectivity index (χ1) is 7.65. The third-order valence-corrected chi connectivity index (χ3v) is 3.15. The molecular formula is C11H12BrN3S. The molecule has 0 fully saturated rings. The topological polar surface area (TPSA) is 50.4 Å². The van der Waals surface area contributed by atoms with Crippen LogP contribution in [0, 0.1) is 0 Å². The lowest BCUT2D eigenvalue weighted by molar-refractivity contribution is 0.907. The second-order valence-corrected chi connectivity index (χ2v) is 5.10. The number of rotatable bonds is 1. The molecule has 1 aromatic rings. The van der Waals surface area contributed by atoms with Gasteiger partial charge in [0.2, 0.25) is 0 Å². The monoisotopic (exact) mass is 297 g/mol. The molecule has 1 aromatic carbocycles. The molecule has 1 aliphatic carbocycles. The summed E-state index contributed by atoms with van der Waals surface area (Å²) in [5.74, 6) is 0. The van der Waals surface area contributed by atoms with Crippen LogP contribution in [0.1, 0.15) is 17.5 Å². The number of aryl methyl sites for hydroxylation is 1. The molecule has 0 radical (unpaired) electrons. The van der Waals surface area contributed by atoms with Crippen molar-refractivity contribution >= 4 is 39.0 Å². The fourth-order valence-electron chi connectivity index (χ4n) is 1.82. The molecule has 0 saturated carbocycles. The van der Waals surface area contributed by atoms with Crippen LogP contribution in [0.5, 0.6) is 0 Å². The van der Waals surface area contributed by atoms with Gasteiger partial charge in [0.25, 0.3) is 0 Å². The molecule has 3 N–H and O–H groups in total. The Balaban J connectivity index is 2.16. The predicted octanol–water partition coefficient (Wildman–Crippen LogP) is 2.13. The molecule has 3 nitrogen and oxygen atoms in total. The van der Waals surface area contributed by atoms with Gasteiger partial charge >= 0.3 is 0 Å². The van der Waals surface area contributed by atoms with Crippen molar-refractivity contribution in [2.75, 3.05) is 0 Å². The van der Waals surface area contributed by atoms with Crippen molar-refractivity contribution in [1.82, 2.24) is 5.43 Å². The van der Waals surface area contributed by atoms with Crippen LogP contribution in [0.4, 0.5) is 0 Å². The largest absolute Gasteiger partial charge is 0.375 e. The molecule has 1 aliphatic rings. The smallest absolute Gasteiger partial charge is 0.184 e. The summed E-state index contributed by atoms with van der Waals surface area (Å²) < 4.78 is 1.11. The molecule has 0 amide bonds. The number of thiocarbonyl (C=S) groups is 1. The van der Waals surface area contributed by atoms with Crippen LogP contribution in [-0.2, 0) is 12.8 Å². The quantitative estimate of drug-likeness (QED) is 0.617. The van der Waals surface area contributed by atoms with E-state index in [9.17, 15) is 0 Å². The van der Waals surface area contributed by atoms with Crippen LogP contribution >= 0.6 is 28.1 Å². The number of benzene rings is 1. The molecule has 5 heteroatoms. The number of hydrogen-bond donors (Lipinski definition) is 2. The summed E-state index contributed by atoms with van der Waals surface area (Å²) in [7, 11) is 0. The lowest BCUT2D eigenvalue weighted by atomic mass is 9.90. The highest BCUT2D eigenvalue weighted by Crippen LogP contribution is 2.23. The number of hydrogen-bond acceptors (Lipinski definition) is 2. The van der Waals surface area contributed by atoms with Crippen LogP contribution in [-0.4, -0.2) is 10.8 Å². The van der Waals surface area contributed by atoms with Gasteiger partial charge in [0, 0.05) is 16.6 Å². The highest BCUT2D eigenvalue weighted by molar-refractivity contribution is 9.10. The second-order valence-electron chi connectivity index (χ2n) is 3.74. The maximum Gasteiger partial charge on any atom is 0.184 e. The van der Waals surface area contributed by atoms with Gasteiger partial charge in [-0.05, 0) is 48.3 Å². The van der Waals surface area contributed by atoms with E-state index in [0.29, 0.717) is 0 Å². The van der Waals surface area contributed by atoms with Crippen molar-refractivity contribution in [3.63, 3.8) is 0 Å². The summed E-state index contributed by atoms with van der Waals surface area (Å²) in [6.07, 6.45) is 2.86. The average Bonchev–Trinajstić information content (AvgIpc) is 2.25. The summed E-state index contributed by atoms with van der Waals surface area (Å²) >= 11 is 8.19. The van der Waals surface area contributed by atoms with Crippen LogP contribution in [0.25, 0.3) is 0 Å². The normalized spacial score (nSPS) is 16.9. The van der Waals surface area contributed by atoms with Gasteiger partial charge in [0.05, 0.1) is 0 Å². The number of halogens is 1. The van der Waals surface area contributed by atoms with E-state index in [1.54, 1.807) is 0 Å². The van der Waals surface area contributed by atoms with Crippen LogP contribution < -0.4 is 11.2 Å². The van der Waals surface area contributed by atoms with Gasteiger partial charge in [-0.1, -0.05) is 22.0 Å². The Bertz CT molecular complexity index is 457. The minimum atomic E-state index is 0.215. The van der Waals surface area contributed by atoms with Crippen molar-refractivity contribution in [1.29, 1.82) is 0 Å². The van der Waals surface area contributed by atoms with Gasteiger partial charge in [0.15, 0.2) is 5.11 Å². The molecule has 2 rings (SSSR count). The summed E-state index contributed by atoms with van der Waals surface area (Å²) in [6, 6.07) is 6.39. The van der Waals surface area contributed by atoms with E-state index in [4.69, 9.17) is 18.0 Å². The minimum Gasteiger partial charge on any atom is -0.375 e. The summed E-state index contributed by atoms with van der Waals surface area (Å²) in [4.78, 5) is 0. The maximum absolute atomic E-state index is 5.33. The van der Waals surface area contributed by atoms with Gasteiger partial charge in [-0.15, -0.1) is 0 Å². The van der Waals surface area contributed by atoms with Crippen molar-refractivity contribution < 1.29 is 0 Å². The first-order valence-corrected chi connectivity index (χ1v) is 6.23. The summed E-state index contributed by atoms with van der Waals surface area (Å²) in [5.41, 5.74) is 11.8. The number of nitrogens with two attached hydrogens (primary N) is 1. The summed E-state index contributed by atoms with van der Waals surface area (Å²) in [5, 5.41) is 4.41. The van der Waals surface area contributed by atoms with E-state index < -0.39 is 0 Å². The standard InChI is InChI=1S/C11H12BrN3S/c12-9-3-1-7-2-4-10(6-8(7)5-9)14-15-11(13)16/h1,3,5H,2,4,6H2,(H3,13,15,16). The van der Waals surface area contributed by atoms with Gasteiger partial charge in [0.1, 0.15) is 0 Å². The fraction of sp³-hybridized carbons (Fsp3) is 0.273. The number of nitrogens with zero attached hydrogens (tertiary/aromatic N) is 1. The molecule has 0 heterocycles. The molecule has 0 aromatic heterocycles. The summed E-state index contributed by atoms with van der Waals surface area (Å²) in [6.45, 7) is 0. The predicted molar refractivity (Wildman–Crippen MR) is 73.5 cm³/mol. The molecular weight excluding hydrogens is 286 g/mol. The van der Waals surface area contributed by atoms with Crippen molar-refractivity contribution in [3.8, 4) is 0 Å². The second kappa shape index (κ2) is 4.93. The molecule has 0 spiro atoms. The van der Waals surface area contributed by atoms with Crippen LogP contribution in [0.3, 0.4) is 0 Å². The van der Waals surface area contributed by atoms with Crippen LogP contribution in [0.15, 0.2) is 27.8 Å². The van der Waals surface area contributed by atoms with E-state index >= 15 is 0 Å². The first-order valence-electron chi connectivity index (χ1n) is 5.03. The zero-order valence-corrected chi connectivity index (χ0v) is 11.1. The lowest BCUT2D eigenvalue weighted by Gasteiger charge is -2.17. The highest BCUT2D eigenvalue weighted by atomic mass is 79.9. The Morgan fingerprint density at radius 1 is 1.38 bits per heavy atom. The Kier molecular flexibility index (Phi) is 3.56. The Labute approximate surface area is 108 Å². The van der Waals surface area contributed by atoms with E-state index in [0.717, 1.165) is 29.4 Å². The molecule has 0 saturated heterocycles. The van der Waals surface area contributed by atoms with Crippen molar-refractivity contribution in [2.45, 2.75) is 19.3 Å². The maximum atomic E-state index is 5.33. The van der Waals surface area contributed by atoms with E-state index in [2.05, 4.69) is 44.7 Å². The number of fused-ring (bicyclic) bond motifs is 1. The van der Waals surface area contributed by atoms with Crippen molar-refractivity contribution in [3.05, 3.63) is 33.8 Å². The first kappa shape index (κ1) is 11.5. The third kappa shape index (κ3) is 2.80. The molecule has 84 valence electrons. The Morgan fingerprint density at radius 2 is 2.19 bits per heavy atom.